The number of fused-ring (bicyclic) bond motifs is 1. The molecule has 0 aliphatic carbocycles. The quantitative estimate of drug-likeness (QED) is 0.202. The number of aromatic amines is 1. The summed E-state index contributed by atoms with van der Waals surface area (Å²) in [5, 5.41) is 3.39. The van der Waals surface area contributed by atoms with Crippen molar-refractivity contribution in [2.24, 2.45) is 23.1 Å². The van der Waals surface area contributed by atoms with Crippen molar-refractivity contribution < 1.29 is 19.2 Å². The summed E-state index contributed by atoms with van der Waals surface area (Å²) >= 11 is 0. The molecule has 5 amide bonds. The predicted octanol–water partition coefficient (Wildman–Crippen LogP) is 0.517. The number of hydrogen-bond donors (Lipinski definition) is 7. The van der Waals surface area contributed by atoms with Gasteiger partial charge in [0.1, 0.15) is 6.04 Å². The van der Waals surface area contributed by atoms with Gasteiger partial charge >= 0.3 is 6.03 Å². The first-order valence-corrected chi connectivity index (χ1v) is 11.5. The number of carbonyl (C=O) groups excluding carboxylic acids is 4. The van der Waals surface area contributed by atoms with Crippen molar-refractivity contribution in [2.75, 3.05) is 0 Å². The number of para-hydroxylation sites is 1. The van der Waals surface area contributed by atoms with Crippen LogP contribution < -0.4 is 33.4 Å². The van der Waals surface area contributed by atoms with Gasteiger partial charge in [0, 0.05) is 23.0 Å². The van der Waals surface area contributed by atoms with Crippen molar-refractivity contribution in [3.63, 3.8) is 0 Å². The summed E-state index contributed by atoms with van der Waals surface area (Å²) in [6.07, 6.45) is 2.34. The van der Waals surface area contributed by atoms with Crippen molar-refractivity contribution in [2.45, 2.75) is 37.8 Å². The van der Waals surface area contributed by atoms with Crippen molar-refractivity contribution in [1.82, 2.24) is 21.2 Å². The van der Waals surface area contributed by atoms with E-state index in [4.69, 9.17) is 17.2 Å². The van der Waals surface area contributed by atoms with Crippen molar-refractivity contribution in [3.8, 4) is 0 Å². The third-order valence-corrected chi connectivity index (χ3v) is 6.13. The van der Waals surface area contributed by atoms with Gasteiger partial charge in [0.15, 0.2) is 0 Å². The van der Waals surface area contributed by atoms with Crippen LogP contribution in [-0.2, 0) is 20.8 Å². The second-order valence-corrected chi connectivity index (χ2v) is 8.49. The maximum atomic E-state index is 12.8. The van der Waals surface area contributed by atoms with Crippen LogP contribution in [0.3, 0.4) is 0 Å². The lowest BCUT2D eigenvalue weighted by molar-refractivity contribution is -0.124. The van der Waals surface area contributed by atoms with E-state index in [0.717, 1.165) is 16.5 Å². The third-order valence-electron chi connectivity index (χ3n) is 6.13. The normalized spacial score (nSPS) is 14.3. The van der Waals surface area contributed by atoms with Crippen LogP contribution in [0.1, 0.15) is 30.4 Å². The number of H-pyrrole nitrogens is 1. The van der Waals surface area contributed by atoms with Gasteiger partial charge < -0.3 is 27.5 Å². The number of primary amides is 2. The fraction of sp³-hybridized carbons (Fsp3) is 0.280. The number of benzene rings is 2. The highest BCUT2D eigenvalue weighted by Gasteiger charge is 2.39. The average Bonchev–Trinajstić information content (AvgIpc) is 3.28. The van der Waals surface area contributed by atoms with Crippen LogP contribution >= 0.6 is 0 Å². The number of rotatable bonds is 10. The molecule has 10 N–H and O–H groups in total. The minimum atomic E-state index is -1.33. The summed E-state index contributed by atoms with van der Waals surface area (Å²) in [7, 11) is 0. The summed E-state index contributed by atoms with van der Waals surface area (Å²) in [5.74, 6) is -3.94. The predicted molar refractivity (Wildman–Crippen MR) is 135 cm³/mol. The van der Waals surface area contributed by atoms with Crippen molar-refractivity contribution in [1.29, 1.82) is 0 Å². The minimum absolute atomic E-state index is 0.189. The molecule has 0 aliphatic heterocycles. The van der Waals surface area contributed by atoms with E-state index in [1.54, 1.807) is 43.5 Å². The smallest absolute Gasteiger partial charge is 0.334 e. The number of aromatic nitrogens is 1. The van der Waals surface area contributed by atoms with Gasteiger partial charge in [-0.15, -0.1) is 0 Å². The van der Waals surface area contributed by atoms with E-state index in [9.17, 15) is 19.2 Å². The van der Waals surface area contributed by atoms with E-state index in [-0.39, 0.29) is 6.42 Å². The number of hydrazine groups is 1. The van der Waals surface area contributed by atoms with Crippen molar-refractivity contribution in [3.05, 3.63) is 71.9 Å². The van der Waals surface area contributed by atoms with Gasteiger partial charge in [0.05, 0.1) is 12.0 Å². The molecule has 2 aromatic carbocycles. The standard InChI is InChI=1S/C25H31N7O4/c1-2-18(26)24(35)31-32-25(36)30-21(23(28)34)20(14-8-4-3-5-9-14)17(22(27)33)12-15-13-29-19-11-7-6-10-16(15)19/h3-11,13,17-18,20-21,29H,2,12,26H2,1H3,(H2,27,33)(H2,28,34)(H,31,35)(H2,30,32,36)/t17-,18-,20?,21?/m0/s1. The van der Waals surface area contributed by atoms with E-state index in [0.29, 0.717) is 12.0 Å². The summed E-state index contributed by atoms with van der Waals surface area (Å²) < 4.78 is 0. The van der Waals surface area contributed by atoms with Crippen LogP contribution in [0.15, 0.2) is 60.8 Å². The zero-order chi connectivity index (χ0) is 26.2. The molecular weight excluding hydrogens is 462 g/mol. The average molecular weight is 494 g/mol. The Bertz CT molecular complexity index is 1230. The lowest BCUT2D eigenvalue weighted by atomic mass is 9.76. The Morgan fingerprint density at radius 3 is 2.22 bits per heavy atom. The molecule has 11 heteroatoms. The molecule has 0 aliphatic rings. The first kappa shape index (κ1) is 26.2. The second kappa shape index (κ2) is 11.8. The van der Waals surface area contributed by atoms with Crippen LogP contribution in [0, 0.1) is 5.92 Å². The highest BCUT2D eigenvalue weighted by Crippen LogP contribution is 2.33. The largest absolute Gasteiger partial charge is 0.369 e. The maximum absolute atomic E-state index is 12.8. The summed E-state index contributed by atoms with van der Waals surface area (Å²) in [5.41, 5.74) is 23.9. The lowest BCUT2D eigenvalue weighted by Crippen LogP contribution is -2.58. The number of amides is 5. The molecule has 4 atom stereocenters. The second-order valence-electron chi connectivity index (χ2n) is 8.49. The molecule has 3 rings (SSSR count). The Balaban J connectivity index is 1.93. The maximum Gasteiger partial charge on any atom is 0.334 e. The van der Waals surface area contributed by atoms with E-state index in [1.807, 2.05) is 24.3 Å². The third kappa shape index (κ3) is 6.19. The lowest BCUT2D eigenvalue weighted by Gasteiger charge is -2.31. The van der Waals surface area contributed by atoms with Crippen LogP contribution in [0.25, 0.3) is 10.9 Å². The van der Waals surface area contributed by atoms with Crippen molar-refractivity contribution >= 4 is 34.7 Å². The number of carbonyl (C=O) groups is 4. The van der Waals surface area contributed by atoms with Crippen LogP contribution in [0.5, 0.6) is 0 Å². The molecule has 190 valence electrons. The molecule has 0 spiro atoms. The molecule has 0 bridgehead atoms. The monoisotopic (exact) mass is 493 g/mol. The fourth-order valence-electron chi connectivity index (χ4n) is 4.19. The Labute approximate surface area is 208 Å². The summed E-state index contributed by atoms with van der Waals surface area (Å²) in [4.78, 5) is 53.0. The van der Waals surface area contributed by atoms with Crippen LogP contribution in [-0.4, -0.2) is 40.8 Å². The molecule has 1 aromatic heterocycles. The zero-order valence-corrected chi connectivity index (χ0v) is 19.9. The Morgan fingerprint density at radius 1 is 0.917 bits per heavy atom. The molecule has 0 fully saturated rings. The molecular formula is C25H31N7O4. The van der Waals surface area contributed by atoms with Gasteiger partial charge in [-0.3, -0.25) is 19.8 Å². The van der Waals surface area contributed by atoms with Gasteiger partial charge in [0.25, 0.3) is 5.91 Å². The Hall–Kier alpha value is -4.38. The molecule has 11 nitrogen and oxygen atoms in total. The van der Waals surface area contributed by atoms with Gasteiger partial charge in [-0.25, -0.2) is 10.2 Å². The van der Waals surface area contributed by atoms with Gasteiger partial charge in [-0.2, -0.15) is 0 Å². The SMILES string of the molecule is CC[C@H](N)C(=O)NNC(=O)NC(C(N)=O)C(c1ccccc1)[C@H](Cc1c[nH]c2ccccc12)C(N)=O. The molecule has 0 saturated carbocycles. The first-order valence-electron chi connectivity index (χ1n) is 11.5. The van der Waals surface area contributed by atoms with E-state index >= 15 is 0 Å². The number of nitrogens with two attached hydrogens (primary N) is 3. The fourth-order valence-corrected chi connectivity index (χ4v) is 4.19. The highest BCUT2D eigenvalue weighted by atomic mass is 16.2. The Kier molecular flexibility index (Phi) is 8.63. The number of nitrogens with one attached hydrogen (secondary N) is 4. The zero-order valence-electron chi connectivity index (χ0n) is 19.9. The van der Waals surface area contributed by atoms with Gasteiger partial charge in [0.2, 0.25) is 11.8 Å². The van der Waals surface area contributed by atoms with Gasteiger partial charge in [-0.05, 0) is 30.0 Å². The molecule has 2 unspecified atom stereocenters. The van der Waals surface area contributed by atoms with Crippen LogP contribution in [0.2, 0.25) is 0 Å². The topological polar surface area (TPSA) is 198 Å². The summed E-state index contributed by atoms with van der Waals surface area (Å²) in [6.45, 7) is 1.72. The molecule has 36 heavy (non-hydrogen) atoms. The molecule has 1 heterocycles. The van der Waals surface area contributed by atoms with E-state index in [2.05, 4.69) is 21.2 Å². The molecule has 3 aromatic rings. The van der Waals surface area contributed by atoms with Gasteiger partial charge in [-0.1, -0.05) is 55.5 Å². The molecule has 0 radical (unpaired) electrons. The minimum Gasteiger partial charge on any atom is -0.369 e. The van der Waals surface area contributed by atoms with E-state index in [1.165, 1.54) is 0 Å². The Morgan fingerprint density at radius 2 is 1.58 bits per heavy atom. The summed E-state index contributed by atoms with van der Waals surface area (Å²) in [6, 6.07) is 13.3. The first-order chi connectivity index (χ1) is 17.2. The highest BCUT2D eigenvalue weighted by molar-refractivity contribution is 5.90. The van der Waals surface area contributed by atoms with Crippen LogP contribution in [0.4, 0.5) is 4.79 Å². The molecule has 0 saturated heterocycles. The number of hydrogen-bond acceptors (Lipinski definition) is 5. The number of urea groups is 1. The van der Waals surface area contributed by atoms with E-state index < -0.39 is 47.7 Å².